The number of sulfonamides is 1. The summed E-state index contributed by atoms with van der Waals surface area (Å²) < 4.78 is 31.2. The van der Waals surface area contributed by atoms with Gasteiger partial charge in [-0.3, -0.25) is 0 Å². The zero-order valence-electron chi connectivity index (χ0n) is 14.8. The van der Waals surface area contributed by atoms with Crippen LogP contribution in [0.2, 0.25) is 0 Å². The van der Waals surface area contributed by atoms with E-state index < -0.39 is 10.0 Å². The Hall–Kier alpha value is -1.85. The summed E-state index contributed by atoms with van der Waals surface area (Å²) in [5.74, 6) is 0.804. The summed E-state index contributed by atoms with van der Waals surface area (Å²) in [6, 6.07) is 14.0. The van der Waals surface area contributed by atoms with Gasteiger partial charge in [0.25, 0.3) is 0 Å². The zero-order valence-corrected chi connectivity index (χ0v) is 18.0. The van der Waals surface area contributed by atoms with Gasteiger partial charge in [0.1, 0.15) is 5.75 Å². The highest BCUT2D eigenvalue weighted by Crippen LogP contribution is 2.23. The Morgan fingerprint density at radius 2 is 1.77 bits per heavy atom. The summed E-state index contributed by atoms with van der Waals surface area (Å²) in [6.45, 7) is 0.136. The maximum absolute atomic E-state index is 12.4. The van der Waals surface area contributed by atoms with Crippen molar-refractivity contribution in [3.8, 4) is 5.75 Å². The second-order valence-electron chi connectivity index (χ2n) is 5.42. The maximum atomic E-state index is 12.4. The number of para-hydroxylation sites is 2. The van der Waals surface area contributed by atoms with Gasteiger partial charge in [-0.15, -0.1) is 24.0 Å². The minimum Gasteiger partial charge on any atom is -0.495 e. The van der Waals surface area contributed by atoms with Crippen molar-refractivity contribution in [2.45, 2.75) is 11.4 Å². The Balaban J connectivity index is 0.00000338. The Morgan fingerprint density at radius 3 is 2.42 bits per heavy atom. The third-order valence-corrected chi connectivity index (χ3v) is 5.44. The fraction of sp³-hybridized carbons (Fsp3) is 0.235. The van der Waals surface area contributed by atoms with Gasteiger partial charge in [-0.2, -0.15) is 0 Å². The van der Waals surface area contributed by atoms with E-state index in [1.165, 1.54) is 18.4 Å². The van der Waals surface area contributed by atoms with Gasteiger partial charge in [-0.05, 0) is 23.8 Å². The molecule has 0 fully saturated rings. The van der Waals surface area contributed by atoms with Gasteiger partial charge < -0.3 is 15.8 Å². The number of nitrogens with two attached hydrogens (primary N) is 1. The maximum Gasteiger partial charge on any atom is 0.242 e. The molecule has 0 saturated carbocycles. The standard InChI is InChI=1S/C17H22N4O3S.HI/c1-21(2)25(22,23)16-11-7-4-8-13(16)12-19-17(18)20-14-9-5-6-10-15(14)24-3;/h4-11H,12H2,1-3H3,(H3,18,19,20);1H. The molecule has 2 aromatic rings. The van der Waals surface area contributed by atoms with E-state index in [9.17, 15) is 8.42 Å². The number of guanidine groups is 1. The molecule has 0 unspecified atom stereocenters. The second-order valence-corrected chi connectivity index (χ2v) is 7.54. The quantitative estimate of drug-likeness (QED) is 0.369. The third kappa shape index (κ3) is 5.32. The number of benzene rings is 2. The molecule has 2 rings (SSSR count). The number of nitrogens with zero attached hydrogens (tertiary/aromatic N) is 2. The molecule has 0 radical (unpaired) electrons. The summed E-state index contributed by atoms with van der Waals surface area (Å²) in [5.41, 5.74) is 7.17. The number of rotatable bonds is 6. The second kappa shape index (κ2) is 9.74. The molecule has 9 heteroatoms. The Bertz CT molecular complexity index is 870. The van der Waals surface area contributed by atoms with Gasteiger partial charge in [-0.1, -0.05) is 30.3 Å². The molecule has 2 aromatic carbocycles. The molecular formula is C17H23IN4O3S. The number of hydrogen-bond donors (Lipinski definition) is 2. The molecule has 0 aliphatic carbocycles. The van der Waals surface area contributed by atoms with Crippen LogP contribution in [0.5, 0.6) is 5.75 Å². The number of methoxy groups -OCH3 is 1. The van der Waals surface area contributed by atoms with E-state index in [2.05, 4.69) is 10.3 Å². The molecule has 0 bridgehead atoms. The molecule has 142 valence electrons. The lowest BCUT2D eigenvalue weighted by atomic mass is 10.2. The lowest BCUT2D eigenvalue weighted by Crippen LogP contribution is -2.24. The highest BCUT2D eigenvalue weighted by Gasteiger charge is 2.20. The summed E-state index contributed by atoms with van der Waals surface area (Å²) in [5, 5.41) is 2.96. The molecule has 0 aliphatic heterocycles. The predicted octanol–water partition coefficient (Wildman–Crippen LogP) is 2.49. The average molecular weight is 490 g/mol. The number of nitrogens with one attached hydrogen (secondary N) is 1. The molecule has 7 nitrogen and oxygen atoms in total. The SMILES string of the molecule is COc1ccccc1NC(N)=NCc1ccccc1S(=O)(=O)N(C)C.I. The van der Waals surface area contributed by atoms with E-state index in [4.69, 9.17) is 10.5 Å². The van der Waals surface area contributed by atoms with Crippen molar-refractivity contribution >= 4 is 45.6 Å². The highest BCUT2D eigenvalue weighted by atomic mass is 127. The summed E-state index contributed by atoms with van der Waals surface area (Å²) in [6.07, 6.45) is 0. The Labute approximate surface area is 171 Å². The number of aliphatic imine (C=N–C) groups is 1. The lowest BCUT2D eigenvalue weighted by Gasteiger charge is -2.14. The molecule has 0 spiro atoms. The van der Waals surface area contributed by atoms with Crippen LogP contribution in [0.4, 0.5) is 5.69 Å². The van der Waals surface area contributed by atoms with Crippen LogP contribution in [0.3, 0.4) is 0 Å². The fourth-order valence-corrected chi connectivity index (χ4v) is 3.29. The first-order valence-corrected chi connectivity index (χ1v) is 9.00. The predicted molar refractivity (Wildman–Crippen MR) is 115 cm³/mol. The monoisotopic (exact) mass is 490 g/mol. The molecule has 3 N–H and O–H groups in total. The van der Waals surface area contributed by atoms with Crippen molar-refractivity contribution in [1.29, 1.82) is 0 Å². The van der Waals surface area contributed by atoms with Crippen LogP contribution in [0.1, 0.15) is 5.56 Å². The minimum absolute atomic E-state index is 0. The molecule has 0 heterocycles. The van der Waals surface area contributed by atoms with E-state index in [1.807, 2.05) is 18.2 Å². The molecule has 0 atom stereocenters. The molecule has 26 heavy (non-hydrogen) atoms. The number of halogens is 1. The first-order chi connectivity index (χ1) is 11.9. The van der Waals surface area contributed by atoms with Gasteiger partial charge in [0.2, 0.25) is 10.0 Å². The smallest absolute Gasteiger partial charge is 0.242 e. The first kappa shape index (κ1) is 22.2. The van der Waals surface area contributed by atoms with Crippen LogP contribution in [0.15, 0.2) is 58.4 Å². The largest absolute Gasteiger partial charge is 0.495 e. The van der Waals surface area contributed by atoms with Crippen molar-refractivity contribution in [2.75, 3.05) is 26.5 Å². The van der Waals surface area contributed by atoms with Crippen molar-refractivity contribution < 1.29 is 13.2 Å². The van der Waals surface area contributed by atoms with Crippen LogP contribution in [-0.4, -0.2) is 39.9 Å². The van der Waals surface area contributed by atoms with Crippen molar-refractivity contribution in [3.05, 3.63) is 54.1 Å². The molecule has 0 aromatic heterocycles. The van der Waals surface area contributed by atoms with Crippen LogP contribution in [0, 0.1) is 0 Å². The molecular weight excluding hydrogens is 467 g/mol. The van der Waals surface area contributed by atoms with E-state index >= 15 is 0 Å². The zero-order chi connectivity index (χ0) is 18.4. The number of ether oxygens (including phenoxy) is 1. The fourth-order valence-electron chi connectivity index (χ4n) is 2.18. The normalized spacial score (nSPS) is 11.8. The Morgan fingerprint density at radius 1 is 1.15 bits per heavy atom. The molecule has 0 aliphatic rings. The van der Waals surface area contributed by atoms with Gasteiger partial charge >= 0.3 is 0 Å². The first-order valence-electron chi connectivity index (χ1n) is 7.56. The average Bonchev–Trinajstić information content (AvgIpc) is 2.60. The van der Waals surface area contributed by atoms with Crippen LogP contribution in [-0.2, 0) is 16.6 Å². The van der Waals surface area contributed by atoms with E-state index in [1.54, 1.807) is 37.4 Å². The summed E-state index contributed by atoms with van der Waals surface area (Å²) in [4.78, 5) is 4.46. The number of anilines is 1. The van der Waals surface area contributed by atoms with E-state index in [0.717, 1.165) is 0 Å². The summed E-state index contributed by atoms with van der Waals surface area (Å²) >= 11 is 0. The van der Waals surface area contributed by atoms with Crippen molar-refractivity contribution in [2.24, 2.45) is 10.7 Å². The lowest BCUT2D eigenvalue weighted by molar-refractivity contribution is 0.417. The Kier molecular flexibility index (Phi) is 8.31. The van der Waals surface area contributed by atoms with Gasteiger partial charge in [-0.25, -0.2) is 17.7 Å². The minimum atomic E-state index is -3.54. The molecule has 0 amide bonds. The van der Waals surface area contributed by atoms with Crippen molar-refractivity contribution in [1.82, 2.24) is 4.31 Å². The van der Waals surface area contributed by atoms with Gasteiger partial charge in [0.15, 0.2) is 5.96 Å². The van der Waals surface area contributed by atoms with Crippen LogP contribution in [0.25, 0.3) is 0 Å². The number of hydrogen-bond acceptors (Lipinski definition) is 4. The summed E-state index contributed by atoms with van der Waals surface area (Å²) in [7, 11) is 1.01. The third-order valence-electron chi connectivity index (χ3n) is 3.52. The molecule has 0 saturated heterocycles. The van der Waals surface area contributed by atoms with Crippen molar-refractivity contribution in [3.63, 3.8) is 0 Å². The van der Waals surface area contributed by atoms with Gasteiger partial charge in [0.05, 0.1) is 24.2 Å². The van der Waals surface area contributed by atoms with Crippen LogP contribution < -0.4 is 15.8 Å². The van der Waals surface area contributed by atoms with Crippen LogP contribution >= 0.6 is 24.0 Å². The van der Waals surface area contributed by atoms with E-state index in [-0.39, 0.29) is 41.4 Å². The highest BCUT2D eigenvalue weighted by molar-refractivity contribution is 14.0. The van der Waals surface area contributed by atoms with Gasteiger partial charge in [0, 0.05) is 14.1 Å². The topological polar surface area (TPSA) is 97.0 Å². The van der Waals surface area contributed by atoms with E-state index in [0.29, 0.717) is 17.0 Å².